The minimum Gasteiger partial charge on any atom is -0.470 e. The number of aryl methyl sites for hydroxylation is 1. The van der Waals surface area contributed by atoms with E-state index in [4.69, 9.17) is 21.3 Å². The normalized spacial score (nSPS) is 14.2. The number of ether oxygens (including phenoxy) is 1. The van der Waals surface area contributed by atoms with Gasteiger partial charge in [-0.25, -0.2) is 18.7 Å². The molecule has 192 valence electrons. The Labute approximate surface area is 217 Å². The maximum absolute atomic E-state index is 12.4. The van der Waals surface area contributed by atoms with Crippen molar-refractivity contribution in [3.05, 3.63) is 64.7 Å². The summed E-state index contributed by atoms with van der Waals surface area (Å²) < 4.78 is 32.9. The van der Waals surface area contributed by atoms with E-state index in [0.29, 0.717) is 45.6 Å². The first-order valence-electron chi connectivity index (χ1n) is 11.9. The van der Waals surface area contributed by atoms with Crippen molar-refractivity contribution in [2.75, 3.05) is 6.54 Å². The van der Waals surface area contributed by atoms with Crippen LogP contribution in [0.15, 0.2) is 42.9 Å². The van der Waals surface area contributed by atoms with E-state index in [1.165, 1.54) is 6.33 Å². The highest BCUT2D eigenvalue weighted by molar-refractivity contribution is 6.33. The zero-order valence-corrected chi connectivity index (χ0v) is 21.1. The highest BCUT2D eigenvalue weighted by Gasteiger charge is 2.41. The predicted octanol–water partition coefficient (Wildman–Crippen LogP) is 4.75. The molecule has 4 aromatic rings. The largest absolute Gasteiger partial charge is 0.470 e. The number of aromatic nitrogens is 5. The number of amides is 1. The van der Waals surface area contributed by atoms with Gasteiger partial charge < -0.3 is 14.6 Å². The lowest BCUT2D eigenvalue weighted by Gasteiger charge is -2.12. The number of halogens is 3. The lowest BCUT2D eigenvalue weighted by molar-refractivity contribution is -0.121. The topological polar surface area (TPSA) is 94.8 Å². The highest BCUT2D eigenvalue weighted by atomic mass is 35.5. The monoisotopic (exact) mass is 526 g/mol. The second-order valence-electron chi connectivity index (χ2n) is 9.44. The molecule has 1 amide bonds. The smallest absolute Gasteiger partial charge is 0.255 e. The van der Waals surface area contributed by atoms with Crippen molar-refractivity contribution >= 4 is 28.7 Å². The fourth-order valence-electron chi connectivity index (χ4n) is 3.99. The zero-order chi connectivity index (χ0) is 26.2. The van der Waals surface area contributed by atoms with Crippen molar-refractivity contribution in [1.29, 1.82) is 0 Å². The number of nitrogens with zero attached hydrogens (tertiary/aromatic N) is 5. The number of hydrogen-bond acceptors (Lipinski definition) is 6. The highest BCUT2D eigenvalue weighted by Crippen LogP contribution is 2.41. The van der Waals surface area contributed by atoms with Crippen LogP contribution >= 0.6 is 11.6 Å². The molecule has 0 spiro atoms. The van der Waals surface area contributed by atoms with E-state index in [1.807, 2.05) is 30.5 Å². The summed E-state index contributed by atoms with van der Waals surface area (Å²) in [5, 5.41) is 2.56. The first-order chi connectivity index (χ1) is 17.7. The molecule has 3 aromatic heterocycles. The molecule has 0 aliphatic heterocycles. The first kappa shape index (κ1) is 25.0. The molecule has 8 nitrogen and oxygen atoms in total. The van der Waals surface area contributed by atoms with Crippen molar-refractivity contribution in [2.45, 2.75) is 51.7 Å². The number of alkyl halides is 2. The molecule has 3 heterocycles. The van der Waals surface area contributed by atoms with Crippen LogP contribution in [0.25, 0.3) is 22.6 Å². The molecule has 1 fully saturated rings. The molecule has 1 aliphatic rings. The maximum Gasteiger partial charge on any atom is 0.255 e. The second-order valence-corrected chi connectivity index (χ2v) is 9.84. The number of carbonyl (C=O) groups is 1. The van der Waals surface area contributed by atoms with Gasteiger partial charge in [-0.15, -0.1) is 0 Å². The Kier molecular flexibility index (Phi) is 6.76. The van der Waals surface area contributed by atoms with Gasteiger partial charge in [-0.2, -0.15) is 4.98 Å². The van der Waals surface area contributed by atoms with E-state index in [2.05, 4.69) is 20.3 Å². The molecule has 1 aliphatic carbocycles. The molecular weight excluding hydrogens is 502 g/mol. The first-order valence-corrected chi connectivity index (χ1v) is 12.2. The molecule has 5 rings (SSSR count). The van der Waals surface area contributed by atoms with Gasteiger partial charge in [0.05, 0.1) is 30.2 Å². The van der Waals surface area contributed by atoms with Crippen molar-refractivity contribution in [3.8, 4) is 17.3 Å². The number of carbonyl (C=O) groups excluding carboxylic acids is 1. The van der Waals surface area contributed by atoms with Crippen LogP contribution in [0.5, 0.6) is 5.88 Å². The number of pyridine rings is 1. The summed E-state index contributed by atoms with van der Waals surface area (Å²) in [5.41, 5.74) is 3.95. The third-order valence-electron chi connectivity index (χ3n) is 6.18. The van der Waals surface area contributed by atoms with Gasteiger partial charge in [-0.05, 0) is 62.1 Å². The average Bonchev–Trinajstić information content (AvgIpc) is 3.46. The van der Waals surface area contributed by atoms with Crippen molar-refractivity contribution in [3.63, 3.8) is 0 Å². The fraction of sp³-hybridized carbons (Fsp3) is 0.346. The fourth-order valence-corrected chi connectivity index (χ4v) is 4.28. The molecule has 0 unspecified atom stereocenters. The number of imidazole rings is 1. The molecule has 0 radical (unpaired) electrons. The minimum atomic E-state index is -2.61. The van der Waals surface area contributed by atoms with Gasteiger partial charge in [0.2, 0.25) is 11.8 Å². The van der Waals surface area contributed by atoms with Crippen molar-refractivity contribution < 1.29 is 18.3 Å². The van der Waals surface area contributed by atoms with E-state index in [1.54, 1.807) is 24.4 Å². The summed E-state index contributed by atoms with van der Waals surface area (Å²) in [7, 11) is 0. The molecule has 0 saturated heterocycles. The molecular formula is C26H25ClF2N6O2. The van der Waals surface area contributed by atoms with Gasteiger partial charge in [0.15, 0.2) is 11.2 Å². The maximum atomic E-state index is 12.4. The van der Waals surface area contributed by atoms with Gasteiger partial charge in [-0.3, -0.25) is 9.78 Å². The van der Waals surface area contributed by atoms with Crippen LogP contribution in [0.1, 0.15) is 36.6 Å². The average molecular weight is 527 g/mol. The summed E-state index contributed by atoms with van der Waals surface area (Å²) in [6.07, 6.45) is 2.41. The molecule has 1 N–H and O–H groups in total. The lowest BCUT2D eigenvalue weighted by Crippen LogP contribution is -2.29. The quantitative estimate of drug-likeness (QED) is 0.338. The van der Waals surface area contributed by atoms with Gasteiger partial charge in [0, 0.05) is 11.8 Å². The number of rotatable bonds is 9. The third kappa shape index (κ3) is 5.69. The van der Waals surface area contributed by atoms with Crippen molar-refractivity contribution in [2.24, 2.45) is 0 Å². The van der Waals surface area contributed by atoms with Crippen LogP contribution in [0.4, 0.5) is 8.78 Å². The van der Waals surface area contributed by atoms with Crippen LogP contribution in [0, 0.1) is 6.92 Å². The van der Waals surface area contributed by atoms with Gasteiger partial charge in [-0.1, -0.05) is 17.7 Å². The summed E-state index contributed by atoms with van der Waals surface area (Å²) >= 11 is 6.67. The minimum absolute atomic E-state index is 0.0710. The Morgan fingerprint density at radius 1 is 1.22 bits per heavy atom. The SMILES string of the molecule is Cc1ccnc(Cn2c(-c3ccc(CC(=O)NCC(F)F)cc3Cl)nc3c(OC4(C)CC4)ncnc32)c1. The summed E-state index contributed by atoms with van der Waals surface area (Å²) in [6, 6.07) is 9.04. The Balaban J connectivity index is 1.54. The Bertz CT molecular complexity index is 1470. The molecule has 1 aromatic carbocycles. The summed E-state index contributed by atoms with van der Waals surface area (Å²) in [6.45, 7) is 3.72. The van der Waals surface area contributed by atoms with Crippen LogP contribution < -0.4 is 10.1 Å². The Morgan fingerprint density at radius 3 is 2.73 bits per heavy atom. The lowest BCUT2D eigenvalue weighted by atomic mass is 10.1. The van der Waals surface area contributed by atoms with E-state index >= 15 is 0 Å². The summed E-state index contributed by atoms with van der Waals surface area (Å²) in [4.78, 5) is 30.2. The standard InChI is InChI=1S/C26H25ClF2N6O2/c1-15-5-8-30-17(9-15)13-35-23(34-22-24(35)32-14-33-25(22)37-26(2)6-7-26)18-4-3-16(10-19(18)27)11-21(36)31-12-20(28)29/h3-5,8-10,14,20H,6-7,11-13H2,1-2H3,(H,31,36). The third-order valence-corrected chi connectivity index (χ3v) is 6.49. The van der Waals surface area contributed by atoms with Gasteiger partial charge >= 0.3 is 0 Å². The van der Waals surface area contributed by atoms with Crippen LogP contribution in [0.2, 0.25) is 5.02 Å². The summed E-state index contributed by atoms with van der Waals surface area (Å²) in [5.74, 6) is 0.446. The predicted molar refractivity (Wildman–Crippen MR) is 135 cm³/mol. The number of fused-ring (bicyclic) bond motifs is 1. The van der Waals surface area contributed by atoms with Gasteiger partial charge in [0.1, 0.15) is 17.8 Å². The van der Waals surface area contributed by atoms with E-state index in [0.717, 1.165) is 24.1 Å². The van der Waals surface area contributed by atoms with Crippen LogP contribution in [0.3, 0.4) is 0 Å². The molecule has 0 atom stereocenters. The molecule has 11 heteroatoms. The van der Waals surface area contributed by atoms with Crippen LogP contribution in [-0.2, 0) is 17.8 Å². The van der Waals surface area contributed by atoms with E-state index < -0.39 is 18.9 Å². The Morgan fingerprint density at radius 2 is 2.03 bits per heavy atom. The molecule has 37 heavy (non-hydrogen) atoms. The number of nitrogens with one attached hydrogen (secondary N) is 1. The van der Waals surface area contributed by atoms with E-state index in [-0.39, 0.29) is 12.0 Å². The second kappa shape index (κ2) is 10.0. The van der Waals surface area contributed by atoms with Gasteiger partial charge in [0.25, 0.3) is 6.43 Å². The zero-order valence-electron chi connectivity index (χ0n) is 20.3. The molecule has 1 saturated carbocycles. The van der Waals surface area contributed by atoms with E-state index in [9.17, 15) is 13.6 Å². The number of hydrogen-bond donors (Lipinski definition) is 1. The van der Waals surface area contributed by atoms with Crippen molar-refractivity contribution in [1.82, 2.24) is 29.8 Å². The van der Waals surface area contributed by atoms with Crippen LogP contribution in [-0.4, -0.2) is 49.0 Å². The molecule has 0 bridgehead atoms. The Hall–Kier alpha value is -3.66. The number of benzene rings is 1.